The lowest BCUT2D eigenvalue weighted by atomic mass is 10.0. The molecule has 8 aromatic carbocycles. The van der Waals surface area contributed by atoms with E-state index >= 15 is 0 Å². The van der Waals surface area contributed by atoms with Gasteiger partial charge in [0.1, 0.15) is 0 Å². The Balaban J connectivity index is 1.35. The van der Waals surface area contributed by atoms with Crippen LogP contribution in [0.15, 0.2) is 176 Å². The Labute approximate surface area is 298 Å². The Morgan fingerprint density at radius 1 is 0.346 bits per heavy atom. The van der Waals surface area contributed by atoms with Gasteiger partial charge in [-0.25, -0.2) is 4.98 Å². The van der Waals surface area contributed by atoms with Crippen LogP contribution in [-0.2, 0) is 0 Å². The number of para-hydroxylation sites is 1. The molecule has 52 heavy (non-hydrogen) atoms. The van der Waals surface area contributed by atoms with E-state index in [1.54, 1.807) is 0 Å². The summed E-state index contributed by atoms with van der Waals surface area (Å²) in [6.45, 7) is 0. The maximum absolute atomic E-state index is 5.29. The first kappa shape index (κ1) is 28.7. The topological polar surface area (TPSA) is 48.5 Å². The van der Waals surface area contributed by atoms with Crippen LogP contribution < -0.4 is 0 Å². The molecule has 0 aliphatic rings. The number of fused-ring (bicyclic) bond motifs is 10. The summed E-state index contributed by atoms with van der Waals surface area (Å²) in [6.07, 6.45) is 0. The zero-order valence-corrected chi connectivity index (χ0v) is 28.0. The van der Waals surface area contributed by atoms with E-state index in [2.05, 4.69) is 149 Å². The van der Waals surface area contributed by atoms with Crippen molar-refractivity contribution in [1.82, 2.24) is 24.1 Å². The van der Waals surface area contributed by atoms with Gasteiger partial charge in [-0.3, -0.25) is 4.57 Å². The molecular formula is C47H29N5. The molecule has 0 radical (unpaired) electrons. The standard InChI is InChI=1S/C47H29N5/c1-3-15-32(16-4-1)45-48-46(33-17-5-2-6-18-33)50-47(49-45)52-41-28-24-31-14-9-10-20-36(31)42(41)39-27-26-38-37-21-11-12-22-40(37)51(43(38)44(39)52)35-25-23-30-13-7-8-19-34(30)29-35/h1-29H. The summed E-state index contributed by atoms with van der Waals surface area (Å²) < 4.78 is 4.70. The van der Waals surface area contributed by atoms with Gasteiger partial charge in [0.2, 0.25) is 5.95 Å². The SMILES string of the molecule is c1ccc(-c2nc(-c3ccccc3)nc(-n3c4ccc5ccccc5c4c4ccc5c6ccccc6n(-c6ccc7ccccc7c6)c5c43)n2)cc1. The average molecular weight is 664 g/mol. The van der Waals surface area contributed by atoms with E-state index < -0.39 is 0 Å². The monoisotopic (exact) mass is 663 g/mol. The van der Waals surface area contributed by atoms with Crippen molar-refractivity contribution in [3.63, 3.8) is 0 Å². The molecular weight excluding hydrogens is 635 g/mol. The van der Waals surface area contributed by atoms with E-state index in [9.17, 15) is 0 Å². The zero-order chi connectivity index (χ0) is 34.2. The number of hydrogen-bond acceptors (Lipinski definition) is 3. The maximum atomic E-state index is 5.29. The Bertz CT molecular complexity index is 3120. The number of rotatable bonds is 4. The van der Waals surface area contributed by atoms with Crippen LogP contribution in [-0.4, -0.2) is 24.1 Å². The lowest BCUT2D eigenvalue weighted by molar-refractivity contribution is 0.953. The zero-order valence-electron chi connectivity index (χ0n) is 28.0. The predicted octanol–water partition coefficient (Wildman–Crippen LogP) is 11.7. The lowest BCUT2D eigenvalue weighted by Crippen LogP contribution is -2.07. The first-order valence-corrected chi connectivity index (χ1v) is 17.5. The van der Waals surface area contributed by atoms with Crippen LogP contribution in [0, 0.1) is 0 Å². The molecule has 5 heteroatoms. The normalized spacial score (nSPS) is 11.8. The molecule has 0 fully saturated rings. The van der Waals surface area contributed by atoms with Gasteiger partial charge >= 0.3 is 0 Å². The van der Waals surface area contributed by atoms with Crippen molar-refractivity contribution in [3.8, 4) is 34.4 Å². The third kappa shape index (κ3) is 4.26. The summed E-state index contributed by atoms with van der Waals surface area (Å²) in [5.41, 5.74) is 7.32. The molecule has 0 unspecified atom stereocenters. The van der Waals surface area contributed by atoms with Gasteiger partial charge in [0, 0.05) is 38.4 Å². The second-order valence-corrected chi connectivity index (χ2v) is 13.3. The van der Waals surface area contributed by atoms with Crippen LogP contribution in [0.1, 0.15) is 0 Å². The van der Waals surface area contributed by atoms with Gasteiger partial charge in [0.05, 0.1) is 22.1 Å². The Morgan fingerprint density at radius 3 is 1.67 bits per heavy atom. The molecule has 5 nitrogen and oxygen atoms in total. The molecule has 0 amide bonds. The minimum Gasteiger partial charge on any atom is -0.307 e. The quantitative estimate of drug-likeness (QED) is 0.188. The van der Waals surface area contributed by atoms with Crippen molar-refractivity contribution in [3.05, 3.63) is 176 Å². The summed E-state index contributed by atoms with van der Waals surface area (Å²) >= 11 is 0. The number of hydrogen-bond donors (Lipinski definition) is 0. The number of aromatic nitrogens is 5. The second kappa shape index (κ2) is 11.2. The first-order valence-electron chi connectivity index (χ1n) is 17.5. The lowest BCUT2D eigenvalue weighted by Gasteiger charge is -2.13. The highest BCUT2D eigenvalue weighted by Gasteiger charge is 2.24. The molecule has 3 aromatic heterocycles. The molecule has 11 rings (SSSR count). The van der Waals surface area contributed by atoms with E-state index in [0.717, 1.165) is 44.3 Å². The third-order valence-electron chi connectivity index (χ3n) is 10.3. The van der Waals surface area contributed by atoms with E-state index in [1.165, 1.54) is 37.7 Å². The van der Waals surface area contributed by atoms with E-state index in [-0.39, 0.29) is 0 Å². The fraction of sp³-hybridized carbons (Fsp3) is 0. The molecule has 0 bridgehead atoms. The van der Waals surface area contributed by atoms with Crippen molar-refractivity contribution in [2.45, 2.75) is 0 Å². The van der Waals surface area contributed by atoms with E-state index in [0.29, 0.717) is 17.6 Å². The number of benzene rings is 8. The van der Waals surface area contributed by atoms with Gasteiger partial charge in [-0.05, 0) is 45.8 Å². The summed E-state index contributed by atoms with van der Waals surface area (Å²) in [6, 6.07) is 62.1. The highest BCUT2D eigenvalue weighted by Crippen LogP contribution is 2.43. The largest absolute Gasteiger partial charge is 0.307 e. The summed E-state index contributed by atoms with van der Waals surface area (Å²) in [5.74, 6) is 1.83. The Morgan fingerprint density at radius 2 is 0.923 bits per heavy atom. The van der Waals surface area contributed by atoms with Crippen LogP contribution in [0.5, 0.6) is 0 Å². The predicted molar refractivity (Wildman–Crippen MR) is 214 cm³/mol. The minimum atomic E-state index is 0.575. The highest BCUT2D eigenvalue weighted by molar-refractivity contribution is 6.28. The van der Waals surface area contributed by atoms with Gasteiger partial charge < -0.3 is 4.57 Å². The van der Waals surface area contributed by atoms with Crippen LogP contribution in [0.2, 0.25) is 0 Å². The molecule has 0 saturated carbocycles. The Hall–Kier alpha value is -7.11. The smallest absolute Gasteiger partial charge is 0.238 e. The maximum Gasteiger partial charge on any atom is 0.238 e. The third-order valence-corrected chi connectivity index (χ3v) is 10.3. The molecule has 0 saturated heterocycles. The highest BCUT2D eigenvalue weighted by atomic mass is 15.2. The van der Waals surface area contributed by atoms with Crippen LogP contribution >= 0.6 is 0 Å². The second-order valence-electron chi connectivity index (χ2n) is 13.3. The molecule has 0 atom stereocenters. The van der Waals surface area contributed by atoms with Crippen LogP contribution in [0.25, 0.3) is 99.6 Å². The fourth-order valence-electron chi connectivity index (χ4n) is 8.01. The molecule has 242 valence electrons. The van der Waals surface area contributed by atoms with Crippen molar-refractivity contribution >= 4 is 65.2 Å². The van der Waals surface area contributed by atoms with Crippen LogP contribution in [0.4, 0.5) is 0 Å². The van der Waals surface area contributed by atoms with Gasteiger partial charge in [-0.1, -0.05) is 152 Å². The number of nitrogens with zero attached hydrogens (tertiary/aromatic N) is 5. The van der Waals surface area contributed by atoms with Crippen LogP contribution in [0.3, 0.4) is 0 Å². The van der Waals surface area contributed by atoms with Crippen molar-refractivity contribution in [2.75, 3.05) is 0 Å². The molecule has 0 N–H and O–H groups in total. The van der Waals surface area contributed by atoms with Gasteiger partial charge in [0.15, 0.2) is 11.6 Å². The fourth-order valence-corrected chi connectivity index (χ4v) is 8.01. The molecule has 0 spiro atoms. The summed E-state index contributed by atoms with van der Waals surface area (Å²) in [7, 11) is 0. The van der Waals surface area contributed by atoms with Gasteiger partial charge in [-0.15, -0.1) is 0 Å². The van der Waals surface area contributed by atoms with E-state index in [1.807, 2.05) is 36.4 Å². The summed E-state index contributed by atoms with van der Waals surface area (Å²) in [4.78, 5) is 15.6. The first-order chi connectivity index (χ1) is 25.8. The molecule has 11 aromatic rings. The average Bonchev–Trinajstić information content (AvgIpc) is 3.74. The van der Waals surface area contributed by atoms with Crippen molar-refractivity contribution in [2.24, 2.45) is 0 Å². The summed E-state index contributed by atoms with van der Waals surface area (Å²) in [5, 5.41) is 9.48. The van der Waals surface area contributed by atoms with Gasteiger partial charge in [0.25, 0.3) is 0 Å². The minimum absolute atomic E-state index is 0.575. The van der Waals surface area contributed by atoms with Gasteiger partial charge in [-0.2, -0.15) is 9.97 Å². The molecule has 0 aliphatic heterocycles. The molecule has 0 aliphatic carbocycles. The van der Waals surface area contributed by atoms with Crippen molar-refractivity contribution < 1.29 is 0 Å². The van der Waals surface area contributed by atoms with E-state index in [4.69, 9.17) is 15.0 Å². The molecule has 3 heterocycles. The Kier molecular flexibility index (Phi) is 6.18. The van der Waals surface area contributed by atoms with Crippen molar-refractivity contribution in [1.29, 1.82) is 0 Å².